The molecule has 0 aliphatic carbocycles. The maximum Gasteiger partial charge on any atom is 0.389 e. The molecule has 1 aromatic carbocycles. The van der Waals surface area contributed by atoms with E-state index in [0.717, 1.165) is 13.2 Å². The van der Waals surface area contributed by atoms with Crippen LogP contribution in [0.15, 0.2) is 24.3 Å². The minimum absolute atomic E-state index is 0.0876. The van der Waals surface area contributed by atoms with Crippen LogP contribution in [0.4, 0.5) is 23.2 Å². The Morgan fingerprint density at radius 1 is 1.29 bits per heavy atom. The first-order valence-electron chi connectivity index (χ1n) is 6.35. The van der Waals surface area contributed by atoms with Gasteiger partial charge in [0.15, 0.2) is 0 Å². The number of carbonyl (C=O) groups excluding carboxylic acids is 1. The van der Waals surface area contributed by atoms with E-state index in [-0.39, 0.29) is 12.8 Å². The molecule has 1 atom stereocenters. The lowest BCUT2D eigenvalue weighted by Gasteiger charge is -2.29. The van der Waals surface area contributed by atoms with Crippen molar-refractivity contribution in [2.75, 3.05) is 12.4 Å². The van der Waals surface area contributed by atoms with E-state index < -0.39 is 29.9 Å². The fourth-order valence-electron chi connectivity index (χ4n) is 1.97. The first kappa shape index (κ1) is 17.3. The predicted octanol–water partition coefficient (Wildman–Crippen LogP) is 3.90. The van der Waals surface area contributed by atoms with Gasteiger partial charge in [-0.15, -0.1) is 0 Å². The van der Waals surface area contributed by atoms with Crippen LogP contribution in [0.5, 0.6) is 0 Å². The smallest absolute Gasteiger partial charge is 0.389 e. The van der Waals surface area contributed by atoms with Crippen molar-refractivity contribution in [3.05, 3.63) is 30.1 Å². The van der Waals surface area contributed by atoms with Crippen LogP contribution in [-0.4, -0.2) is 24.8 Å². The first-order valence-corrected chi connectivity index (χ1v) is 6.35. The van der Waals surface area contributed by atoms with Gasteiger partial charge in [0.1, 0.15) is 11.4 Å². The Bertz CT molecular complexity index is 490. The summed E-state index contributed by atoms with van der Waals surface area (Å²) in [6.45, 7) is 1.43. The SMILES string of the molecule is COC(=O)C(C)(CCCC(F)(F)F)Nc1cccc(F)c1. The maximum atomic E-state index is 13.1. The van der Waals surface area contributed by atoms with Gasteiger partial charge in [-0.1, -0.05) is 6.07 Å². The Hall–Kier alpha value is -1.79. The van der Waals surface area contributed by atoms with Crippen molar-refractivity contribution in [3.63, 3.8) is 0 Å². The summed E-state index contributed by atoms with van der Waals surface area (Å²) >= 11 is 0. The van der Waals surface area contributed by atoms with Crippen LogP contribution >= 0.6 is 0 Å². The molecule has 0 saturated heterocycles. The zero-order valence-electron chi connectivity index (χ0n) is 11.8. The Balaban J connectivity index is 2.81. The number of ether oxygens (including phenoxy) is 1. The highest BCUT2D eigenvalue weighted by molar-refractivity contribution is 5.83. The number of alkyl halides is 3. The molecule has 0 bridgehead atoms. The molecular formula is C14H17F4NO2. The van der Waals surface area contributed by atoms with Gasteiger partial charge in [0.2, 0.25) is 0 Å². The molecule has 0 aromatic heterocycles. The predicted molar refractivity (Wildman–Crippen MR) is 70.3 cm³/mol. The highest BCUT2D eigenvalue weighted by Gasteiger charge is 2.36. The van der Waals surface area contributed by atoms with Gasteiger partial charge >= 0.3 is 12.1 Å². The number of hydrogen-bond donors (Lipinski definition) is 1. The molecule has 0 fully saturated rings. The molecule has 1 N–H and O–H groups in total. The van der Waals surface area contributed by atoms with Crippen molar-refractivity contribution >= 4 is 11.7 Å². The van der Waals surface area contributed by atoms with Crippen LogP contribution in [0.1, 0.15) is 26.2 Å². The van der Waals surface area contributed by atoms with Crippen molar-refractivity contribution in [1.82, 2.24) is 0 Å². The van der Waals surface area contributed by atoms with Gasteiger partial charge in [0.25, 0.3) is 0 Å². The number of anilines is 1. The average Bonchev–Trinajstić information content (AvgIpc) is 2.36. The van der Waals surface area contributed by atoms with Crippen LogP contribution in [-0.2, 0) is 9.53 Å². The average molecular weight is 307 g/mol. The first-order chi connectivity index (χ1) is 9.66. The number of methoxy groups -OCH3 is 1. The molecule has 0 heterocycles. The number of nitrogens with one attached hydrogen (secondary N) is 1. The van der Waals surface area contributed by atoms with Crippen LogP contribution < -0.4 is 5.32 Å². The molecule has 21 heavy (non-hydrogen) atoms. The molecule has 0 saturated carbocycles. The van der Waals surface area contributed by atoms with Crippen LogP contribution in [0, 0.1) is 5.82 Å². The lowest BCUT2D eigenvalue weighted by Crippen LogP contribution is -2.44. The summed E-state index contributed by atoms with van der Waals surface area (Å²) in [5.41, 5.74) is -1.05. The normalized spacial score (nSPS) is 14.4. The third kappa shape index (κ3) is 5.61. The lowest BCUT2D eigenvalue weighted by atomic mass is 9.94. The zero-order valence-corrected chi connectivity index (χ0v) is 11.8. The molecule has 118 valence electrons. The highest BCUT2D eigenvalue weighted by atomic mass is 19.4. The van der Waals surface area contributed by atoms with Gasteiger partial charge in [-0.3, -0.25) is 0 Å². The Labute approximate surface area is 120 Å². The number of benzene rings is 1. The molecule has 0 spiro atoms. The van der Waals surface area contributed by atoms with Gasteiger partial charge in [0.05, 0.1) is 7.11 Å². The highest BCUT2D eigenvalue weighted by Crippen LogP contribution is 2.27. The summed E-state index contributed by atoms with van der Waals surface area (Å²) in [5.74, 6) is -1.21. The molecule has 0 radical (unpaired) electrons. The lowest BCUT2D eigenvalue weighted by molar-refractivity contribution is -0.148. The number of hydrogen-bond acceptors (Lipinski definition) is 3. The molecule has 0 aliphatic rings. The number of carbonyl (C=O) groups is 1. The minimum Gasteiger partial charge on any atom is -0.467 e. The summed E-state index contributed by atoms with van der Waals surface area (Å²) in [6.07, 6.45) is -5.60. The van der Waals surface area contributed by atoms with E-state index in [2.05, 4.69) is 10.1 Å². The van der Waals surface area contributed by atoms with Gasteiger partial charge in [-0.05, 0) is 38.0 Å². The number of rotatable bonds is 6. The summed E-state index contributed by atoms with van der Waals surface area (Å²) in [7, 11) is 1.15. The van der Waals surface area contributed by atoms with E-state index in [1.54, 1.807) is 0 Å². The van der Waals surface area contributed by atoms with E-state index in [1.807, 2.05) is 0 Å². The second-order valence-electron chi connectivity index (χ2n) is 4.93. The fraction of sp³-hybridized carbons (Fsp3) is 0.500. The van der Waals surface area contributed by atoms with Crippen LogP contribution in [0.2, 0.25) is 0 Å². The summed E-state index contributed by atoms with van der Waals surface area (Å²) < 4.78 is 54.4. The summed E-state index contributed by atoms with van der Waals surface area (Å²) in [4.78, 5) is 11.8. The van der Waals surface area contributed by atoms with Gasteiger partial charge in [0, 0.05) is 12.1 Å². The van der Waals surface area contributed by atoms with Crippen molar-refractivity contribution in [3.8, 4) is 0 Å². The van der Waals surface area contributed by atoms with Gasteiger partial charge < -0.3 is 10.1 Å². The van der Waals surface area contributed by atoms with E-state index in [9.17, 15) is 22.4 Å². The topological polar surface area (TPSA) is 38.3 Å². The summed E-state index contributed by atoms with van der Waals surface area (Å²) in [6, 6.07) is 5.34. The van der Waals surface area contributed by atoms with Gasteiger partial charge in [-0.2, -0.15) is 13.2 Å². The second-order valence-corrected chi connectivity index (χ2v) is 4.93. The monoisotopic (exact) mass is 307 g/mol. The molecule has 1 unspecified atom stereocenters. The van der Waals surface area contributed by atoms with E-state index in [0.29, 0.717) is 5.69 Å². The third-order valence-corrected chi connectivity index (χ3v) is 3.02. The van der Waals surface area contributed by atoms with E-state index in [4.69, 9.17) is 0 Å². The maximum absolute atomic E-state index is 13.1. The molecule has 0 amide bonds. The third-order valence-electron chi connectivity index (χ3n) is 3.02. The molecule has 0 aliphatic heterocycles. The zero-order chi connectivity index (χ0) is 16.1. The Morgan fingerprint density at radius 2 is 1.95 bits per heavy atom. The standard InChI is InChI=1S/C14H17F4NO2/c1-13(12(20)21-2,7-4-8-14(16,17)18)19-11-6-3-5-10(15)9-11/h3,5-6,9,19H,4,7-8H2,1-2H3. The summed E-state index contributed by atoms with van der Waals surface area (Å²) in [5, 5.41) is 2.75. The van der Waals surface area contributed by atoms with Crippen LogP contribution in [0.25, 0.3) is 0 Å². The van der Waals surface area contributed by atoms with Crippen molar-refractivity contribution in [2.24, 2.45) is 0 Å². The van der Waals surface area contributed by atoms with Gasteiger partial charge in [-0.25, -0.2) is 9.18 Å². The Morgan fingerprint density at radius 3 is 2.48 bits per heavy atom. The fourth-order valence-corrected chi connectivity index (χ4v) is 1.97. The molecule has 7 heteroatoms. The van der Waals surface area contributed by atoms with Crippen molar-refractivity contribution in [2.45, 2.75) is 37.9 Å². The van der Waals surface area contributed by atoms with Crippen LogP contribution in [0.3, 0.4) is 0 Å². The van der Waals surface area contributed by atoms with Crippen molar-refractivity contribution in [1.29, 1.82) is 0 Å². The Kier molecular flexibility index (Phi) is 5.57. The molecule has 1 rings (SSSR count). The molecule has 3 nitrogen and oxygen atoms in total. The van der Waals surface area contributed by atoms with E-state index >= 15 is 0 Å². The largest absolute Gasteiger partial charge is 0.467 e. The van der Waals surface area contributed by atoms with E-state index in [1.165, 1.54) is 25.1 Å². The minimum atomic E-state index is -4.28. The quantitative estimate of drug-likeness (QED) is 0.640. The second kappa shape index (κ2) is 6.78. The van der Waals surface area contributed by atoms with Crippen molar-refractivity contribution < 1.29 is 27.1 Å². The molecular weight excluding hydrogens is 290 g/mol. The number of esters is 1. The molecule has 1 aromatic rings. The number of halogens is 4.